The quantitative estimate of drug-likeness (QED) is 0.835. The molecule has 1 unspecified atom stereocenters. The zero-order chi connectivity index (χ0) is 19.8. The smallest absolute Gasteiger partial charge is 0.410 e. The molecule has 0 aromatic carbocycles. The molecule has 0 radical (unpaired) electrons. The van der Waals surface area contributed by atoms with Crippen molar-refractivity contribution in [3.8, 4) is 0 Å². The molecule has 148 valence electrons. The van der Waals surface area contributed by atoms with Gasteiger partial charge < -0.3 is 19.6 Å². The first kappa shape index (κ1) is 19.4. The molecule has 3 heterocycles. The predicted octanol–water partition coefficient (Wildman–Crippen LogP) is 2.02. The third kappa shape index (κ3) is 4.49. The van der Waals surface area contributed by atoms with Gasteiger partial charge in [-0.25, -0.2) is 14.6 Å². The predicted molar refractivity (Wildman–Crippen MR) is 99.1 cm³/mol. The zero-order valence-corrected chi connectivity index (χ0v) is 16.5. The first-order chi connectivity index (χ1) is 12.6. The molecule has 1 aromatic heterocycles. The van der Waals surface area contributed by atoms with Gasteiger partial charge in [-0.1, -0.05) is 0 Å². The van der Waals surface area contributed by atoms with Gasteiger partial charge >= 0.3 is 18.1 Å². The Morgan fingerprint density at radius 1 is 1.33 bits per heavy atom. The van der Waals surface area contributed by atoms with E-state index in [2.05, 4.69) is 4.98 Å². The number of rotatable bonds is 4. The highest BCUT2D eigenvalue weighted by Crippen LogP contribution is 2.29. The summed E-state index contributed by atoms with van der Waals surface area (Å²) in [6.07, 6.45) is -0.0114. The second kappa shape index (κ2) is 7.34. The van der Waals surface area contributed by atoms with Crippen LogP contribution in [0.5, 0.6) is 0 Å². The van der Waals surface area contributed by atoms with Crippen LogP contribution < -0.4 is 4.90 Å². The first-order valence-electron chi connectivity index (χ1n) is 8.86. The van der Waals surface area contributed by atoms with E-state index in [0.29, 0.717) is 43.4 Å². The van der Waals surface area contributed by atoms with E-state index in [-0.39, 0.29) is 24.6 Å². The molecular formula is C17H24N4O5S. The molecule has 1 N–H and O–H groups in total. The minimum absolute atomic E-state index is 0.0106. The van der Waals surface area contributed by atoms with Crippen molar-refractivity contribution < 1.29 is 24.2 Å². The molecule has 10 heteroatoms. The summed E-state index contributed by atoms with van der Waals surface area (Å²) in [4.78, 5) is 45.1. The largest absolute Gasteiger partial charge is 0.481 e. The number of aryl methyl sites for hydroxylation is 1. The van der Waals surface area contributed by atoms with Gasteiger partial charge in [-0.3, -0.25) is 9.69 Å². The third-order valence-electron chi connectivity index (χ3n) is 4.37. The number of aromatic nitrogens is 1. The van der Waals surface area contributed by atoms with Crippen LogP contribution in [-0.2, 0) is 16.0 Å². The molecule has 0 aliphatic carbocycles. The average molecular weight is 396 g/mol. The minimum Gasteiger partial charge on any atom is -0.481 e. The van der Waals surface area contributed by atoms with Gasteiger partial charge in [0.05, 0.1) is 24.7 Å². The number of carbonyl (C=O) groups excluding carboxylic acids is 2. The van der Waals surface area contributed by atoms with E-state index in [1.165, 1.54) is 11.3 Å². The average Bonchev–Trinajstić information content (AvgIpc) is 3.16. The highest BCUT2D eigenvalue weighted by atomic mass is 32.1. The van der Waals surface area contributed by atoms with Gasteiger partial charge in [0, 0.05) is 31.4 Å². The number of fused-ring (bicyclic) bond motifs is 1. The number of carboxylic acids is 1. The van der Waals surface area contributed by atoms with Gasteiger partial charge in [0.15, 0.2) is 5.13 Å². The van der Waals surface area contributed by atoms with E-state index in [4.69, 9.17) is 9.84 Å². The van der Waals surface area contributed by atoms with Crippen LogP contribution in [0.4, 0.5) is 14.7 Å². The van der Waals surface area contributed by atoms with Gasteiger partial charge in [0.2, 0.25) is 0 Å². The van der Waals surface area contributed by atoms with E-state index in [1.54, 1.807) is 20.1 Å². The van der Waals surface area contributed by atoms with E-state index in [1.807, 2.05) is 20.8 Å². The summed E-state index contributed by atoms with van der Waals surface area (Å²) in [5.74, 6) is -0.874. The van der Waals surface area contributed by atoms with Crippen molar-refractivity contribution in [1.29, 1.82) is 0 Å². The molecule has 1 atom stereocenters. The van der Waals surface area contributed by atoms with Crippen molar-refractivity contribution in [3.63, 3.8) is 0 Å². The summed E-state index contributed by atoms with van der Waals surface area (Å²) < 4.78 is 5.43. The Morgan fingerprint density at radius 2 is 2.07 bits per heavy atom. The summed E-state index contributed by atoms with van der Waals surface area (Å²) in [6.45, 7) is 7.24. The Morgan fingerprint density at radius 3 is 2.74 bits per heavy atom. The highest BCUT2D eigenvalue weighted by molar-refractivity contribution is 7.14. The first-order valence-corrected chi connectivity index (χ1v) is 9.74. The maximum absolute atomic E-state index is 12.7. The van der Waals surface area contributed by atoms with Crippen molar-refractivity contribution in [2.24, 2.45) is 0 Å². The number of carboxylic acid groups (broad SMARTS) is 1. The molecule has 2 saturated heterocycles. The molecule has 27 heavy (non-hydrogen) atoms. The standard InChI is InChI=1S/C17H24N4O5S/c1-17(2,3)26-16(25)19-6-7-20-12(8-19)9-21(15(20)24)14-18-11(10-27-14)4-5-13(22)23/h10,12H,4-9H2,1-3H3,(H,22,23). The van der Waals surface area contributed by atoms with Crippen molar-refractivity contribution in [1.82, 2.24) is 14.8 Å². The summed E-state index contributed by atoms with van der Waals surface area (Å²) >= 11 is 1.33. The third-order valence-corrected chi connectivity index (χ3v) is 5.28. The molecule has 0 spiro atoms. The Hall–Kier alpha value is -2.36. The molecule has 2 aliphatic rings. The van der Waals surface area contributed by atoms with Gasteiger partial charge in [-0.15, -0.1) is 11.3 Å². The Kier molecular flexibility index (Phi) is 5.27. The lowest BCUT2D eigenvalue weighted by Gasteiger charge is -2.36. The Labute approximate surface area is 161 Å². The fraction of sp³-hybridized carbons (Fsp3) is 0.647. The van der Waals surface area contributed by atoms with Crippen LogP contribution >= 0.6 is 11.3 Å². The van der Waals surface area contributed by atoms with Gasteiger partial charge in [0.25, 0.3) is 0 Å². The summed E-state index contributed by atoms with van der Waals surface area (Å²) in [5.41, 5.74) is 0.115. The van der Waals surface area contributed by atoms with Crippen LogP contribution in [0.25, 0.3) is 0 Å². The molecule has 1 aromatic rings. The fourth-order valence-corrected chi connectivity index (χ4v) is 3.99. The van der Waals surface area contributed by atoms with Gasteiger partial charge in [-0.05, 0) is 20.8 Å². The number of carbonyl (C=O) groups is 3. The molecule has 9 nitrogen and oxygen atoms in total. The van der Waals surface area contributed by atoms with Crippen LogP contribution in [0, 0.1) is 0 Å². The van der Waals surface area contributed by atoms with Crippen molar-refractivity contribution in [2.45, 2.75) is 45.3 Å². The number of piperazine rings is 1. The number of nitrogens with zero attached hydrogens (tertiary/aromatic N) is 4. The minimum atomic E-state index is -0.874. The summed E-state index contributed by atoms with van der Waals surface area (Å²) in [7, 11) is 0. The van der Waals surface area contributed by atoms with Crippen molar-refractivity contribution >= 4 is 34.6 Å². The van der Waals surface area contributed by atoms with Gasteiger partial charge in [0.1, 0.15) is 5.60 Å². The maximum atomic E-state index is 12.7. The number of urea groups is 1. The number of hydrogen-bond donors (Lipinski definition) is 1. The van der Waals surface area contributed by atoms with Gasteiger partial charge in [-0.2, -0.15) is 0 Å². The normalized spacial score (nSPS) is 20.0. The molecular weight excluding hydrogens is 372 g/mol. The van der Waals surface area contributed by atoms with E-state index in [9.17, 15) is 14.4 Å². The number of thiazole rings is 1. The van der Waals surface area contributed by atoms with E-state index < -0.39 is 11.6 Å². The second-order valence-corrected chi connectivity index (χ2v) is 8.52. The topological polar surface area (TPSA) is 103 Å². The van der Waals surface area contributed by atoms with E-state index in [0.717, 1.165) is 0 Å². The number of ether oxygens (including phenoxy) is 1. The fourth-order valence-electron chi connectivity index (χ4n) is 3.13. The van der Waals surface area contributed by atoms with Crippen molar-refractivity contribution in [3.05, 3.63) is 11.1 Å². The highest BCUT2D eigenvalue weighted by Gasteiger charge is 2.43. The molecule has 0 bridgehead atoms. The van der Waals surface area contributed by atoms with Crippen LogP contribution in [0.1, 0.15) is 32.9 Å². The number of anilines is 1. The summed E-state index contributed by atoms with van der Waals surface area (Å²) in [6, 6.07) is -0.229. The lowest BCUT2D eigenvalue weighted by atomic mass is 10.2. The van der Waals surface area contributed by atoms with E-state index >= 15 is 0 Å². The lowest BCUT2D eigenvalue weighted by Crippen LogP contribution is -2.54. The number of hydrogen-bond acceptors (Lipinski definition) is 6. The second-order valence-electron chi connectivity index (χ2n) is 7.68. The lowest BCUT2D eigenvalue weighted by molar-refractivity contribution is -0.136. The molecule has 0 saturated carbocycles. The Bertz CT molecular complexity index is 744. The SMILES string of the molecule is CC(C)(C)OC(=O)N1CCN2C(=O)N(c3nc(CCC(=O)O)cs3)CC2C1. The van der Waals surface area contributed by atoms with Crippen LogP contribution in [0.15, 0.2) is 5.38 Å². The van der Waals surface area contributed by atoms with Crippen molar-refractivity contribution in [2.75, 3.05) is 31.1 Å². The maximum Gasteiger partial charge on any atom is 0.410 e. The molecule has 2 aliphatic heterocycles. The number of amides is 3. The van der Waals surface area contributed by atoms with Crippen LogP contribution in [0.2, 0.25) is 0 Å². The zero-order valence-electron chi connectivity index (χ0n) is 15.7. The number of aliphatic carboxylic acids is 1. The Balaban J connectivity index is 1.63. The molecule has 3 rings (SSSR count). The van der Waals surface area contributed by atoms with Crippen LogP contribution in [-0.4, -0.2) is 75.8 Å². The summed E-state index contributed by atoms with van der Waals surface area (Å²) in [5, 5.41) is 11.1. The molecule has 2 fully saturated rings. The molecule has 3 amide bonds. The van der Waals surface area contributed by atoms with Crippen LogP contribution in [0.3, 0.4) is 0 Å². The monoisotopic (exact) mass is 396 g/mol.